The fraction of sp³-hybridized carbons (Fsp3) is 0.0667. The van der Waals surface area contributed by atoms with E-state index in [1.165, 1.54) is 12.1 Å². The topological polar surface area (TPSA) is 27.8 Å². The number of aromatic amines is 1. The summed E-state index contributed by atoms with van der Waals surface area (Å²) < 4.78 is 27.8. The van der Waals surface area contributed by atoms with Crippen molar-refractivity contribution >= 4 is 32.5 Å². The summed E-state index contributed by atoms with van der Waals surface area (Å²) in [6.07, 6.45) is 1.84. The van der Waals surface area contributed by atoms with Crippen LogP contribution in [0.4, 0.5) is 14.5 Å². The lowest BCUT2D eigenvalue weighted by atomic mass is 10.1. The van der Waals surface area contributed by atoms with Crippen LogP contribution in [0.2, 0.25) is 0 Å². The van der Waals surface area contributed by atoms with Gasteiger partial charge in [0.25, 0.3) is 0 Å². The molecule has 0 saturated heterocycles. The van der Waals surface area contributed by atoms with Crippen LogP contribution < -0.4 is 5.32 Å². The van der Waals surface area contributed by atoms with Crippen molar-refractivity contribution in [3.8, 4) is 0 Å². The summed E-state index contributed by atoms with van der Waals surface area (Å²) in [6, 6.07) is 10.3. The van der Waals surface area contributed by atoms with Crippen molar-refractivity contribution in [2.75, 3.05) is 5.32 Å². The van der Waals surface area contributed by atoms with E-state index >= 15 is 0 Å². The Morgan fingerprint density at radius 1 is 1.10 bits per heavy atom. The average Bonchev–Trinajstić information content (AvgIpc) is 2.81. The van der Waals surface area contributed by atoms with Crippen LogP contribution in [-0.4, -0.2) is 4.98 Å². The third kappa shape index (κ3) is 2.41. The molecule has 0 aliphatic heterocycles. The number of nitrogens with one attached hydrogen (secondary N) is 2. The number of hydrogen-bond acceptors (Lipinski definition) is 1. The molecule has 0 bridgehead atoms. The van der Waals surface area contributed by atoms with Gasteiger partial charge in [0.2, 0.25) is 0 Å². The van der Waals surface area contributed by atoms with Gasteiger partial charge in [-0.05, 0) is 23.8 Å². The summed E-state index contributed by atoms with van der Waals surface area (Å²) in [7, 11) is 0. The lowest BCUT2D eigenvalue weighted by molar-refractivity contribution is 0.586. The predicted molar refractivity (Wildman–Crippen MR) is 79.7 cm³/mol. The molecule has 5 heteroatoms. The Bertz CT molecular complexity index is 744. The van der Waals surface area contributed by atoms with E-state index < -0.39 is 11.6 Å². The maximum Gasteiger partial charge on any atom is 0.150 e. The van der Waals surface area contributed by atoms with E-state index in [-0.39, 0.29) is 5.69 Å². The van der Waals surface area contributed by atoms with Crippen molar-refractivity contribution in [3.05, 3.63) is 64.3 Å². The Morgan fingerprint density at radius 3 is 2.55 bits per heavy atom. The van der Waals surface area contributed by atoms with Crippen molar-refractivity contribution in [2.24, 2.45) is 0 Å². The molecule has 0 radical (unpaired) electrons. The van der Waals surface area contributed by atoms with Crippen LogP contribution in [-0.2, 0) is 6.54 Å². The fourth-order valence-corrected chi connectivity index (χ4v) is 2.57. The van der Waals surface area contributed by atoms with E-state index in [1.54, 1.807) is 0 Å². The highest BCUT2D eigenvalue weighted by Crippen LogP contribution is 2.25. The molecule has 3 rings (SSSR count). The van der Waals surface area contributed by atoms with E-state index in [1.807, 2.05) is 30.5 Å². The van der Waals surface area contributed by atoms with Gasteiger partial charge in [0, 0.05) is 28.1 Å². The van der Waals surface area contributed by atoms with Gasteiger partial charge in [-0.2, -0.15) is 0 Å². The Balaban J connectivity index is 1.87. The maximum absolute atomic E-state index is 13.7. The minimum Gasteiger partial charge on any atom is -0.376 e. The molecular weight excluding hydrogens is 326 g/mol. The Hall–Kier alpha value is -1.88. The maximum atomic E-state index is 13.7. The number of fused-ring (bicyclic) bond motifs is 1. The van der Waals surface area contributed by atoms with E-state index in [2.05, 4.69) is 26.2 Å². The molecule has 1 heterocycles. The molecule has 0 atom stereocenters. The minimum absolute atomic E-state index is 0.113. The molecule has 102 valence electrons. The Morgan fingerprint density at radius 2 is 1.80 bits per heavy atom. The largest absolute Gasteiger partial charge is 0.376 e. The van der Waals surface area contributed by atoms with Gasteiger partial charge in [0.05, 0.1) is 0 Å². The zero-order valence-corrected chi connectivity index (χ0v) is 12.0. The molecule has 20 heavy (non-hydrogen) atoms. The second-order valence-electron chi connectivity index (χ2n) is 4.46. The van der Waals surface area contributed by atoms with Crippen LogP contribution in [0, 0.1) is 11.6 Å². The molecule has 0 unspecified atom stereocenters. The number of anilines is 1. The van der Waals surface area contributed by atoms with Gasteiger partial charge >= 0.3 is 0 Å². The molecular formula is C15H11BrF2N2. The van der Waals surface area contributed by atoms with Gasteiger partial charge in [0.1, 0.15) is 17.3 Å². The zero-order chi connectivity index (χ0) is 14.1. The first-order chi connectivity index (χ1) is 9.65. The van der Waals surface area contributed by atoms with E-state index in [4.69, 9.17) is 0 Å². The van der Waals surface area contributed by atoms with E-state index in [9.17, 15) is 8.78 Å². The quantitative estimate of drug-likeness (QED) is 0.705. The molecule has 0 amide bonds. The standard InChI is InChI=1S/C15H11BrF2N2/c16-10-5-12(17)15(13(18)6-10)20-8-9-7-19-14-4-2-1-3-11(9)14/h1-7,19-20H,8H2. The lowest BCUT2D eigenvalue weighted by Gasteiger charge is -2.08. The van der Waals surface area contributed by atoms with Crippen molar-refractivity contribution < 1.29 is 8.78 Å². The average molecular weight is 337 g/mol. The van der Waals surface area contributed by atoms with Gasteiger partial charge in [-0.3, -0.25) is 0 Å². The Kier molecular flexibility index (Phi) is 3.44. The van der Waals surface area contributed by atoms with E-state index in [0.29, 0.717) is 11.0 Å². The van der Waals surface area contributed by atoms with E-state index in [0.717, 1.165) is 16.5 Å². The zero-order valence-electron chi connectivity index (χ0n) is 10.4. The second-order valence-corrected chi connectivity index (χ2v) is 5.37. The predicted octanol–water partition coefficient (Wildman–Crippen LogP) is 4.82. The molecule has 2 N–H and O–H groups in total. The normalized spacial score (nSPS) is 10.9. The van der Waals surface area contributed by atoms with Gasteiger partial charge in [-0.15, -0.1) is 0 Å². The molecule has 0 aliphatic rings. The van der Waals surface area contributed by atoms with Crippen molar-refractivity contribution in [2.45, 2.75) is 6.54 Å². The summed E-state index contributed by atoms with van der Waals surface area (Å²) >= 11 is 3.06. The van der Waals surface area contributed by atoms with Crippen LogP contribution >= 0.6 is 15.9 Å². The number of benzene rings is 2. The summed E-state index contributed by atoms with van der Waals surface area (Å²) in [6.45, 7) is 0.347. The SMILES string of the molecule is Fc1cc(Br)cc(F)c1NCc1c[nH]c2ccccc12. The number of rotatable bonds is 3. The molecule has 1 aromatic heterocycles. The highest BCUT2D eigenvalue weighted by Gasteiger charge is 2.11. The third-order valence-corrected chi connectivity index (χ3v) is 3.60. The summed E-state index contributed by atoms with van der Waals surface area (Å²) in [4.78, 5) is 3.13. The molecule has 2 aromatic carbocycles. The van der Waals surface area contributed by atoms with Crippen molar-refractivity contribution in [3.63, 3.8) is 0 Å². The van der Waals surface area contributed by atoms with Gasteiger partial charge in [0.15, 0.2) is 0 Å². The second kappa shape index (κ2) is 5.25. The van der Waals surface area contributed by atoms with Crippen LogP contribution in [0.15, 0.2) is 47.1 Å². The van der Waals surface area contributed by atoms with Crippen LogP contribution in [0.3, 0.4) is 0 Å². The molecule has 0 spiro atoms. The monoisotopic (exact) mass is 336 g/mol. The van der Waals surface area contributed by atoms with Gasteiger partial charge in [-0.1, -0.05) is 34.1 Å². The number of H-pyrrole nitrogens is 1. The van der Waals surface area contributed by atoms with Crippen LogP contribution in [0.1, 0.15) is 5.56 Å². The number of para-hydroxylation sites is 1. The van der Waals surface area contributed by atoms with Crippen LogP contribution in [0.5, 0.6) is 0 Å². The molecule has 0 aliphatic carbocycles. The first kappa shape index (κ1) is 13.1. The molecule has 0 saturated carbocycles. The third-order valence-electron chi connectivity index (χ3n) is 3.14. The number of halogens is 3. The number of hydrogen-bond donors (Lipinski definition) is 2. The van der Waals surface area contributed by atoms with Gasteiger partial charge < -0.3 is 10.3 Å². The highest BCUT2D eigenvalue weighted by molar-refractivity contribution is 9.10. The first-order valence-electron chi connectivity index (χ1n) is 6.08. The number of aromatic nitrogens is 1. The smallest absolute Gasteiger partial charge is 0.150 e. The van der Waals surface area contributed by atoms with Crippen molar-refractivity contribution in [1.82, 2.24) is 4.98 Å². The van der Waals surface area contributed by atoms with Crippen molar-refractivity contribution in [1.29, 1.82) is 0 Å². The fourth-order valence-electron chi connectivity index (χ4n) is 2.17. The first-order valence-corrected chi connectivity index (χ1v) is 6.88. The molecule has 0 fully saturated rings. The summed E-state index contributed by atoms with van der Waals surface area (Å²) in [5.41, 5.74) is 1.85. The summed E-state index contributed by atoms with van der Waals surface area (Å²) in [5, 5.41) is 3.85. The lowest BCUT2D eigenvalue weighted by Crippen LogP contribution is -2.03. The summed E-state index contributed by atoms with van der Waals surface area (Å²) in [5.74, 6) is -1.23. The van der Waals surface area contributed by atoms with Gasteiger partial charge in [-0.25, -0.2) is 8.78 Å². The molecule has 3 aromatic rings. The molecule has 2 nitrogen and oxygen atoms in total. The minimum atomic E-state index is -0.614. The highest BCUT2D eigenvalue weighted by atomic mass is 79.9. The van der Waals surface area contributed by atoms with Crippen LogP contribution in [0.25, 0.3) is 10.9 Å². The Labute approximate surface area is 122 Å².